The average molecular weight is 262 g/mol. The highest BCUT2D eigenvalue weighted by molar-refractivity contribution is 5.82. The van der Waals surface area contributed by atoms with Gasteiger partial charge in [-0.15, -0.1) is 0 Å². The fraction of sp³-hybridized carbons (Fsp3) is 0.938. The first-order valence-electron chi connectivity index (χ1n) is 8.17. The second kappa shape index (κ2) is 4.21. The number of hydrogen-bond donors (Lipinski definition) is 1. The molecule has 1 atom stereocenters. The van der Waals surface area contributed by atoms with Gasteiger partial charge in [0.1, 0.15) is 0 Å². The number of carbonyl (C=O) groups is 1. The van der Waals surface area contributed by atoms with E-state index in [0.29, 0.717) is 5.91 Å². The van der Waals surface area contributed by atoms with E-state index < -0.39 is 0 Å². The topological polar surface area (TPSA) is 32.3 Å². The molecule has 1 saturated heterocycles. The van der Waals surface area contributed by atoms with Gasteiger partial charge >= 0.3 is 0 Å². The van der Waals surface area contributed by atoms with Crippen molar-refractivity contribution >= 4 is 5.91 Å². The van der Waals surface area contributed by atoms with E-state index in [1.807, 2.05) is 0 Å². The normalized spacial score (nSPS) is 47.6. The van der Waals surface area contributed by atoms with Gasteiger partial charge in [-0.25, -0.2) is 0 Å². The maximum atomic E-state index is 12.7. The number of hydrogen-bond acceptors (Lipinski definition) is 2. The van der Waals surface area contributed by atoms with Crippen LogP contribution >= 0.6 is 0 Å². The molecule has 19 heavy (non-hydrogen) atoms. The highest BCUT2D eigenvalue weighted by Gasteiger charge is 2.54. The summed E-state index contributed by atoms with van der Waals surface area (Å²) in [5.41, 5.74) is 0.232. The lowest BCUT2D eigenvalue weighted by Crippen LogP contribution is -2.62. The van der Waals surface area contributed by atoms with E-state index >= 15 is 0 Å². The van der Waals surface area contributed by atoms with Gasteiger partial charge in [-0.05, 0) is 75.7 Å². The molecule has 4 saturated carbocycles. The third-order valence-electron chi connectivity index (χ3n) is 6.41. The Labute approximate surface area is 116 Å². The third-order valence-corrected chi connectivity index (χ3v) is 6.41. The van der Waals surface area contributed by atoms with Crippen LogP contribution < -0.4 is 5.32 Å². The minimum Gasteiger partial charge on any atom is -0.339 e. The van der Waals surface area contributed by atoms with Crippen molar-refractivity contribution in [3.05, 3.63) is 0 Å². The van der Waals surface area contributed by atoms with Crippen molar-refractivity contribution in [3.63, 3.8) is 0 Å². The van der Waals surface area contributed by atoms with Crippen molar-refractivity contribution in [1.29, 1.82) is 0 Å². The van der Waals surface area contributed by atoms with Crippen molar-refractivity contribution in [2.75, 3.05) is 13.6 Å². The first kappa shape index (κ1) is 12.2. The van der Waals surface area contributed by atoms with E-state index in [9.17, 15) is 4.79 Å². The van der Waals surface area contributed by atoms with Crippen LogP contribution in [-0.2, 0) is 4.79 Å². The van der Waals surface area contributed by atoms with Gasteiger partial charge in [0, 0.05) is 12.6 Å². The van der Waals surface area contributed by atoms with E-state index in [1.54, 1.807) is 0 Å². The number of rotatable bonds is 2. The summed E-state index contributed by atoms with van der Waals surface area (Å²) in [7, 11) is 2.09. The van der Waals surface area contributed by atoms with Crippen molar-refractivity contribution in [2.24, 2.45) is 17.8 Å². The van der Waals surface area contributed by atoms with Crippen LogP contribution in [0.2, 0.25) is 0 Å². The molecule has 1 amide bonds. The van der Waals surface area contributed by atoms with Crippen molar-refractivity contribution in [3.8, 4) is 0 Å². The van der Waals surface area contributed by atoms with Crippen molar-refractivity contribution in [1.82, 2.24) is 10.2 Å². The van der Waals surface area contributed by atoms with E-state index in [4.69, 9.17) is 0 Å². The Kier molecular flexibility index (Phi) is 2.70. The molecule has 5 rings (SSSR count). The quantitative estimate of drug-likeness (QED) is 0.827. The van der Waals surface area contributed by atoms with Gasteiger partial charge in [0.2, 0.25) is 5.91 Å². The molecule has 106 valence electrons. The fourth-order valence-corrected chi connectivity index (χ4v) is 5.84. The average Bonchev–Trinajstić information content (AvgIpc) is 2.89. The zero-order valence-electron chi connectivity index (χ0n) is 12.0. The van der Waals surface area contributed by atoms with Crippen LogP contribution in [0.5, 0.6) is 0 Å². The van der Waals surface area contributed by atoms with Gasteiger partial charge in [-0.1, -0.05) is 0 Å². The molecule has 0 aromatic rings. The van der Waals surface area contributed by atoms with Crippen LogP contribution in [-0.4, -0.2) is 36.0 Å². The predicted molar refractivity (Wildman–Crippen MR) is 74.7 cm³/mol. The molecule has 0 spiro atoms. The fourth-order valence-electron chi connectivity index (χ4n) is 5.84. The molecule has 1 aliphatic heterocycles. The molecule has 1 heterocycles. The van der Waals surface area contributed by atoms with Crippen LogP contribution in [0, 0.1) is 17.8 Å². The van der Waals surface area contributed by atoms with Crippen LogP contribution in [0.3, 0.4) is 0 Å². The summed E-state index contributed by atoms with van der Waals surface area (Å²) in [6, 6.07) is 0.109. The molecule has 0 aromatic carbocycles. The maximum absolute atomic E-state index is 12.7. The first-order chi connectivity index (χ1) is 9.16. The SMILES string of the molecule is CN(C(=O)C1CCCN1)C12CC3CC(CC(C3)C1)C2. The number of amides is 1. The van der Waals surface area contributed by atoms with Crippen molar-refractivity contribution < 1.29 is 4.79 Å². The molecule has 1 N–H and O–H groups in total. The first-order valence-corrected chi connectivity index (χ1v) is 8.17. The molecular formula is C16H26N2O. The summed E-state index contributed by atoms with van der Waals surface area (Å²) in [5, 5.41) is 3.38. The van der Waals surface area contributed by atoms with E-state index in [2.05, 4.69) is 17.3 Å². The van der Waals surface area contributed by atoms with Gasteiger partial charge in [0.15, 0.2) is 0 Å². The number of nitrogens with zero attached hydrogens (tertiary/aromatic N) is 1. The Hall–Kier alpha value is -0.570. The van der Waals surface area contributed by atoms with Crippen LogP contribution in [0.1, 0.15) is 51.4 Å². The minimum absolute atomic E-state index is 0.109. The standard InChI is InChI=1S/C16H26N2O/c1-18(15(19)14-3-2-4-17-14)16-8-11-5-12(9-16)7-13(6-11)10-16/h11-14,17H,2-10H2,1H3. The smallest absolute Gasteiger partial charge is 0.239 e. The van der Waals surface area contributed by atoms with Gasteiger partial charge < -0.3 is 10.2 Å². The maximum Gasteiger partial charge on any atom is 0.239 e. The molecule has 4 aliphatic carbocycles. The second-order valence-corrected chi connectivity index (χ2v) is 7.69. The van der Waals surface area contributed by atoms with Gasteiger partial charge in [0.25, 0.3) is 0 Å². The number of likely N-dealkylation sites (N-methyl/N-ethyl adjacent to an activating group) is 1. The Morgan fingerprint density at radius 3 is 2.16 bits per heavy atom. The summed E-state index contributed by atoms with van der Waals surface area (Å²) in [6.45, 7) is 1.02. The Morgan fingerprint density at radius 1 is 1.11 bits per heavy atom. The molecule has 5 aliphatic rings. The number of carbonyl (C=O) groups excluding carboxylic acids is 1. The van der Waals surface area contributed by atoms with E-state index in [0.717, 1.165) is 37.1 Å². The zero-order valence-corrected chi connectivity index (χ0v) is 12.0. The molecule has 0 aromatic heterocycles. The second-order valence-electron chi connectivity index (χ2n) is 7.69. The lowest BCUT2D eigenvalue weighted by atomic mass is 9.52. The lowest BCUT2D eigenvalue weighted by molar-refractivity contribution is -0.149. The molecule has 1 unspecified atom stereocenters. The van der Waals surface area contributed by atoms with Gasteiger partial charge in [0.05, 0.1) is 6.04 Å². The van der Waals surface area contributed by atoms with Gasteiger partial charge in [-0.3, -0.25) is 4.79 Å². The zero-order chi connectivity index (χ0) is 13.0. The molecule has 3 nitrogen and oxygen atoms in total. The highest BCUT2D eigenvalue weighted by atomic mass is 16.2. The van der Waals surface area contributed by atoms with Crippen molar-refractivity contribution in [2.45, 2.75) is 62.9 Å². The van der Waals surface area contributed by atoms with E-state index in [1.165, 1.54) is 38.5 Å². The minimum atomic E-state index is 0.109. The highest BCUT2D eigenvalue weighted by Crippen LogP contribution is 2.57. The van der Waals surface area contributed by atoms with Crippen LogP contribution in [0.25, 0.3) is 0 Å². The summed E-state index contributed by atoms with van der Waals surface area (Å²) >= 11 is 0. The summed E-state index contributed by atoms with van der Waals surface area (Å²) < 4.78 is 0. The van der Waals surface area contributed by atoms with E-state index in [-0.39, 0.29) is 11.6 Å². The molecule has 4 bridgehead atoms. The monoisotopic (exact) mass is 262 g/mol. The molecular weight excluding hydrogens is 236 g/mol. The Bertz CT molecular complexity index is 351. The summed E-state index contributed by atoms with van der Waals surface area (Å²) in [5.74, 6) is 3.12. The summed E-state index contributed by atoms with van der Waals surface area (Å²) in [6.07, 6.45) is 10.4. The largest absolute Gasteiger partial charge is 0.339 e. The third kappa shape index (κ3) is 1.84. The molecule has 3 heteroatoms. The van der Waals surface area contributed by atoms with Crippen LogP contribution in [0.4, 0.5) is 0 Å². The molecule has 5 fully saturated rings. The Morgan fingerprint density at radius 2 is 1.68 bits per heavy atom. The van der Waals surface area contributed by atoms with Crippen LogP contribution in [0.15, 0.2) is 0 Å². The lowest BCUT2D eigenvalue weighted by Gasteiger charge is -2.60. The predicted octanol–water partition coefficient (Wildman–Crippen LogP) is 2.17. The summed E-state index contributed by atoms with van der Waals surface area (Å²) in [4.78, 5) is 14.9. The molecule has 0 radical (unpaired) electrons. The number of nitrogens with one attached hydrogen (secondary N) is 1. The Balaban J connectivity index is 1.55. The van der Waals surface area contributed by atoms with Gasteiger partial charge in [-0.2, -0.15) is 0 Å².